The molecule has 0 saturated carbocycles. The van der Waals surface area contributed by atoms with Crippen LogP contribution in [0.25, 0.3) is 0 Å². The van der Waals surface area contributed by atoms with Crippen LogP contribution in [0.5, 0.6) is 0 Å². The van der Waals surface area contributed by atoms with Gasteiger partial charge in [0.1, 0.15) is 12.6 Å². The number of halogens is 3. The van der Waals surface area contributed by atoms with Crippen molar-refractivity contribution in [2.45, 2.75) is 31.3 Å². The Bertz CT molecular complexity index is 1370. The molecule has 0 unspecified atom stereocenters. The van der Waals surface area contributed by atoms with Gasteiger partial charge >= 0.3 is 0 Å². The van der Waals surface area contributed by atoms with E-state index in [1.807, 2.05) is 24.3 Å². The van der Waals surface area contributed by atoms with Crippen molar-refractivity contribution in [3.8, 4) is 0 Å². The van der Waals surface area contributed by atoms with Gasteiger partial charge in [-0.1, -0.05) is 69.5 Å². The average Bonchev–Trinajstić information content (AvgIpc) is 2.86. The maximum atomic E-state index is 13.8. The Morgan fingerprint density at radius 2 is 1.70 bits per heavy atom. The molecule has 0 radical (unpaired) electrons. The highest BCUT2D eigenvalue weighted by Gasteiger charge is 2.33. The van der Waals surface area contributed by atoms with E-state index in [9.17, 15) is 18.0 Å². The third-order valence-electron chi connectivity index (χ3n) is 5.55. The summed E-state index contributed by atoms with van der Waals surface area (Å²) < 4.78 is 29.2. The predicted molar refractivity (Wildman–Crippen MR) is 150 cm³/mol. The van der Waals surface area contributed by atoms with Gasteiger partial charge in [0.15, 0.2) is 0 Å². The minimum Gasteiger partial charge on any atom is -0.355 e. The fraction of sp³-hybridized carbons (Fsp3) is 0.231. The van der Waals surface area contributed by atoms with Crippen LogP contribution in [-0.2, 0) is 26.2 Å². The zero-order valence-electron chi connectivity index (χ0n) is 20.2. The average molecular weight is 627 g/mol. The first-order chi connectivity index (χ1) is 17.5. The minimum absolute atomic E-state index is 0.0101. The number of hydrogen-bond donors (Lipinski definition) is 1. The molecule has 1 N–H and O–H groups in total. The van der Waals surface area contributed by atoms with Gasteiger partial charge in [0.25, 0.3) is 10.0 Å². The van der Waals surface area contributed by atoms with Gasteiger partial charge in [-0.2, -0.15) is 0 Å². The summed E-state index contributed by atoms with van der Waals surface area (Å²) in [5, 5.41) is 3.11. The Balaban J connectivity index is 2.05. The SMILES string of the molecule is CCNC(=O)[C@H](C)N(Cc1cccc(Br)c1)C(=O)CN(c1ccc(Cl)cc1Cl)S(=O)(=O)c1ccccc1. The Morgan fingerprint density at radius 3 is 2.32 bits per heavy atom. The molecule has 3 aromatic carbocycles. The summed E-state index contributed by atoms with van der Waals surface area (Å²) in [7, 11) is -4.20. The van der Waals surface area contributed by atoms with Crippen molar-refractivity contribution >= 4 is 66.7 Å². The molecule has 0 spiro atoms. The maximum Gasteiger partial charge on any atom is 0.264 e. The lowest BCUT2D eigenvalue weighted by Crippen LogP contribution is -2.51. The van der Waals surface area contributed by atoms with Gasteiger partial charge in [-0.15, -0.1) is 0 Å². The first kappa shape index (κ1) is 29.0. The minimum atomic E-state index is -4.20. The van der Waals surface area contributed by atoms with Gasteiger partial charge in [-0.25, -0.2) is 8.42 Å². The highest BCUT2D eigenvalue weighted by Crippen LogP contribution is 2.33. The molecule has 0 aliphatic heterocycles. The van der Waals surface area contributed by atoms with Gasteiger partial charge in [0.05, 0.1) is 15.6 Å². The topological polar surface area (TPSA) is 86.8 Å². The van der Waals surface area contributed by atoms with Crippen molar-refractivity contribution in [1.82, 2.24) is 10.2 Å². The normalized spacial score (nSPS) is 12.0. The van der Waals surface area contributed by atoms with E-state index in [2.05, 4.69) is 21.2 Å². The number of amides is 2. The van der Waals surface area contributed by atoms with E-state index in [4.69, 9.17) is 23.2 Å². The van der Waals surface area contributed by atoms with Crippen LogP contribution in [0.2, 0.25) is 10.0 Å². The van der Waals surface area contributed by atoms with Crippen LogP contribution in [0.3, 0.4) is 0 Å². The number of nitrogens with one attached hydrogen (secondary N) is 1. The maximum absolute atomic E-state index is 13.8. The monoisotopic (exact) mass is 625 g/mol. The van der Waals surface area contributed by atoms with Crippen LogP contribution < -0.4 is 9.62 Å². The van der Waals surface area contributed by atoms with Crippen molar-refractivity contribution in [1.29, 1.82) is 0 Å². The Hall–Kier alpha value is -2.59. The van der Waals surface area contributed by atoms with Gasteiger partial charge < -0.3 is 10.2 Å². The fourth-order valence-electron chi connectivity index (χ4n) is 3.65. The molecule has 11 heteroatoms. The van der Waals surface area contributed by atoms with Gasteiger partial charge in [-0.3, -0.25) is 13.9 Å². The third-order valence-corrected chi connectivity index (χ3v) is 8.35. The van der Waals surface area contributed by atoms with Gasteiger partial charge in [-0.05, 0) is 61.9 Å². The predicted octanol–water partition coefficient (Wildman–Crippen LogP) is 5.50. The number of likely N-dealkylation sites (N-methyl/N-ethyl adjacent to an activating group) is 1. The smallest absolute Gasteiger partial charge is 0.264 e. The van der Waals surface area contributed by atoms with Gasteiger partial charge in [0.2, 0.25) is 11.8 Å². The Labute approximate surface area is 235 Å². The summed E-state index contributed by atoms with van der Waals surface area (Å²) in [6.45, 7) is 3.27. The van der Waals surface area contributed by atoms with Crippen LogP contribution in [0.15, 0.2) is 82.2 Å². The van der Waals surface area contributed by atoms with Crippen molar-refractivity contribution in [2.75, 3.05) is 17.4 Å². The highest BCUT2D eigenvalue weighted by molar-refractivity contribution is 9.10. The second-order valence-electron chi connectivity index (χ2n) is 8.14. The number of nitrogens with zero attached hydrogens (tertiary/aromatic N) is 2. The van der Waals surface area contributed by atoms with Crippen molar-refractivity contribution in [3.63, 3.8) is 0 Å². The Morgan fingerprint density at radius 1 is 1.00 bits per heavy atom. The summed E-state index contributed by atoms with van der Waals surface area (Å²) in [5.41, 5.74) is 0.859. The first-order valence-corrected chi connectivity index (χ1v) is 14.4. The molecule has 0 heterocycles. The summed E-state index contributed by atoms with van der Waals surface area (Å²) >= 11 is 15.9. The van der Waals surface area contributed by atoms with Crippen LogP contribution in [0.4, 0.5) is 5.69 Å². The van der Waals surface area contributed by atoms with E-state index in [0.717, 1.165) is 14.3 Å². The molecule has 1 atom stereocenters. The second kappa shape index (κ2) is 12.8. The molecule has 3 rings (SSSR count). The standard InChI is InChI=1S/C26H26BrCl2N3O4S/c1-3-30-26(34)18(2)31(16-19-8-7-9-20(27)14-19)25(33)17-32(24-13-12-21(28)15-23(24)29)37(35,36)22-10-5-4-6-11-22/h4-15,18H,3,16-17H2,1-2H3,(H,30,34)/t18-/m0/s1. The summed E-state index contributed by atoms with van der Waals surface area (Å²) in [4.78, 5) is 27.9. The summed E-state index contributed by atoms with van der Waals surface area (Å²) in [5.74, 6) is -0.933. The number of carbonyl (C=O) groups excluding carboxylic acids is 2. The molecule has 0 aliphatic carbocycles. The zero-order valence-corrected chi connectivity index (χ0v) is 24.1. The summed E-state index contributed by atoms with van der Waals surface area (Å²) in [6, 6.07) is 18.6. The van der Waals surface area contributed by atoms with Crippen molar-refractivity contribution in [2.24, 2.45) is 0 Å². The van der Waals surface area contributed by atoms with E-state index in [1.165, 1.54) is 35.2 Å². The Kier molecular flexibility index (Phi) is 10.0. The molecule has 0 aliphatic rings. The number of hydrogen-bond acceptors (Lipinski definition) is 4. The molecule has 196 valence electrons. The number of rotatable bonds is 10. The van der Waals surface area contributed by atoms with Crippen LogP contribution in [0, 0.1) is 0 Å². The number of carbonyl (C=O) groups is 2. The third kappa shape index (κ3) is 7.25. The molecule has 3 aromatic rings. The molecule has 0 bridgehead atoms. The van der Waals surface area contributed by atoms with E-state index in [1.54, 1.807) is 32.0 Å². The number of benzene rings is 3. The lowest BCUT2D eigenvalue weighted by atomic mass is 10.1. The van der Waals surface area contributed by atoms with E-state index in [-0.39, 0.29) is 28.1 Å². The molecule has 37 heavy (non-hydrogen) atoms. The summed E-state index contributed by atoms with van der Waals surface area (Å²) in [6.07, 6.45) is 0. The largest absolute Gasteiger partial charge is 0.355 e. The van der Waals surface area contributed by atoms with Crippen LogP contribution >= 0.6 is 39.1 Å². The van der Waals surface area contributed by atoms with Crippen molar-refractivity contribution < 1.29 is 18.0 Å². The highest BCUT2D eigenvalue weighted by atomic mass is 79.9. The van der Waals surface area contributed by atoms with E-state index in [0.29, 0.717) is 11.6 Å². The lowest BCUT2D eigenvalue weighted by molar-refractivity contribution is -0.139. The van der Waals surface area contributed by atoms with Gasteiger partial charge in [0, 0.05) is 22.6 Å². The molecule has 0 fully saturated rings. The zero-order chi connectivity index (χ0) is 27.2. The molecule has 2 amide bonds. The quantitative estimate of drug-likeness (QED) is 0.322. The fourth-order valence-corrected chi connectivity index (χ4v) is 6.11. The van der Waals surface area contributed by atoms with E-state index < -0.39 is 28.5 Å². The van der Waals surface area contributed by atoms with Crippen LogP contribution in [0.1, 0.15) is 19.4 Å². The number of anilines is 1. The lowest BCUT2D eigenvalue weighted by Gasteiger charge is -2.32. The number of sulfonamides is 1. The van der Waals surface area contributed by atoms with Crippen molar-refractivity contribution in [3.05, 3.63) is 92.9 Å². The molecular weight excluding hydrogens is 601 g/mol. The van der Waals surface area contributed by atoms with E-state index >= 15 is 0 Å². The van der Waals surface area contributed by atoms with Crippen LogP contribution in [-0.4, -0.2) is 44.3 Å². The molecule has 7 nitrogen and oxygen atoms in total. The molecule has 0 saturated heterocycles. The first-order valence-electron chi connectivity index (χ1n) is 11.4. The molecular formula is C26H26BrCl2N3O4S. The second-order valence-corrected chi connectivity index (χ2v) is 11.8. The molecule has 0 aromatic heterocycles.